The summed E-state index contributed by atoms with van der Waals surface area (Å²) in [7, 11) is 0. The highest BCUT2D eigenvalue weighted by molar-refractivity contribution is 6.08. The number of Topliss-reactive ketones (excluding diaryl/α,β-unsaturated/α-hetero) is 1. The summed E-state index contributed by atoms with van der Waals surface area (Å²) in [6, 6.07) is 21.6. The number of carbonyl (C=O) groups excluding carboxylic acids is 1. The summed E-state index contributed by atoms with van der Waals surface area (Å²) in [5, 5.41) is 4.86. The van der Waals surface area contributed by atoms with E-state index >= 15 is 0 Å². The number of alkyl halides is 3. The van der Waals surface area contributed by atoms with Crippen molar-refractivity contribution in [2.24, 2.45) is 0 Å². The zero-order valence-electron chi connectivity index (χ0n) is 14.0. The first-order chi connectivity index (χ1) is 12.4. The summed E-state index contributed by atoms with van der Waals surface area (Å²) < 4.78 is 38.9. The fourth-order valence-electron chi connectivity index (χ4n) is 2.78. The summed E-state index contributed by atoms with van der Waals surface area (Å²) in [4.78, 5) is 11.8. The van der Waals surface area contributed by atoms with Crippen molar-refractivity contribution in [2.75, 3.05) is 5.32 Å². The molecule has 3 rings (SSSR count). The molecule has 0 atom stereocenters. The molecule has 0 aliphatic rings. The molecule has 1 N–H and O–H groups in total. The van der Waals surface area contributed by atoms with Gasteiger partial charge in [-0.15, -0.1) is 0 Å². The molecule has 26 heavy (non-hydrogen) atoms. The van der Waals surface area contributed by atoms with Crippen LogP contribution in [0.15, 0.2) is 78.4 Å². The molecule has 0 amide bonds. The van der Waals surface area contributed by atoms with Crippen LogP contribution in [0.5, 0.6) is 0 Å². The van der Waals surface area contributed by atoms with E-state index in [1.165, 1.54) is 6.92 Å². The first-order valence-electron chi connectivity index (χ1n) is 8.00. The molecule has 0 saturated carbocycles. The molecule has 0 spiro atoms. The number of hydrogen-bond donors (Lipinski definition) is 1. The van der Waals surface area contributed by atoms with Crippen LogP contribution in [0.25, 0.3) is 16.5 Å². The van der Waals surface area contributed by atoms with Crippen LogP contribution in [0.3, 0.4) is 0 Å². The van der Waals surface area contributed by atoms with Crippen LogP contribution in [-0.2, 0) is 4.79 Å². The first kappa shape index (κ1) is 17.7. The van der Waals surface area contributed by atoms with Gasteiger partial charge < -0.3 is 5.32 Å². The van der Waals surface area contributed by atoms with E-state index in [-0.39, 0.29) is 11.3 Å². The van der Waals surface area contributed by atoms with Crippen LogP contribution >= 0.6 is 0 Å². The summed E-state index contributed by atoms with van der Waals surface area (Å²) in [5.74, 6) is -1.86. The molecule has 0 radical (unpaired) electrons. The SMILES string of the molecule is C/C(C(=O)C(F)(F)F)=C(/Nc1cccc2ccccc12)c1ccccc1. The summed E-state index contributed by atoms with van der Waals surface area (Å²) >= 11 is 0. The molecule has 0 heterocycles. The van der Waals surface area contributed by atoms with Gasteiger partial charge in [0.2, 0.25) is 0 Å². The molecule has 5 heteroatoms. The molecule has 2 nitrogen and oxygen atoms in total. The van der Waals surface area contributed by atoms with Crippen molar-refractivity contribution in [3.05, 3.63) is 83.9 Å². The van der Waals surface area contributed by atoms with Crippen LogP contribution in [0.1, 0.15) is 12.5 Å². The molecule has 0 saturated heterocycles. The fraction of sp³-hybridized carbons (Fsp3) is 0.0952. The van der Waals surface area contributed by atoms with Gasteiger partial charge in [0, 0.05) is 16.6 Å². The van der Waals surface area contributed by atoms with E-state index in [4.69, 9.17) is 0 Å². The Labute approximate surface area is 149 Å². The molecule has 0 bridgehead atoms. The van der Waals surface area contributed by atoms with Gasteiger partial charge in [0.05, 0.1) is 5.70 Å². The smallest absolute Gasteiger partial charge is 0.354 e. The van der Waals surface area contributed by atoms with Crippen LogP contribution in [-0.4, -0.2) is 12.0 Å². The predicted molar refractivity (Wildman–Crippen MR) is 97.7 cm³/mol. The zero-order valence-corrected chi connectivity index (χ0v) is 14.0. The second-order valence-corrected chi connectivity index (χ2v) is 5.84. The van der Waals surface area contributed by atoms with Gasteiger partial charge in [0.25, 0.3) is 5.78 Å². The molecule has 3 aromatic rings. The summed E-state index contributed by atoms with van der Waals surface area (Å²) in [6.07, 6.45) is -4.93. The lowest BCUT2D eigenvalue weighted by Crippen LogP contribution is -2.25. The largest absolute Gasteiger partial charge is 0.454 e. The van der Waals surface area contributed by atoms with Gasteiger partial charge in [-0.05, 0) is 23.9 Å². The van der Waals surface area contributed by atoms with Gasteiger partial charge >= 0.3 is 6.18 Å². The minimum Gasteiger partial charge on any atom is -0.354 e. The van der Waals surface area contributed by atoms with E-state index in [2.05, 4.69) is 5.32 Å². The van der Waals surface area contributed by atoms with Crippen LogP contribution in [0.4, 0.5) is 18.9 Å². The third-order valence-corrected chi connectivity index (χ3v) is 4.08. The van der Waals surface area contributed by atoms with Gasteiger partial charge in [-0.3, -0.25) is 4.79 Å². The van der Waals surface area contributed by atoms with Gasteiger partial charge in [-0.1, -0.05) is 66.7 Å². The Morgan fingerprint density at radius 1 is 0.846 bits per heavy atom. The minimum absolute atomic E-state index is 0.143. The number of rotatable bonds is 4. The number of ketones is 1. The predicted octanol–water partition coefficient (Wildman–Crippen LogP) is 5.81. The quantitative estimate of drug-likeness (QED) is 0.598. The molecule has 132 valence electrons. The van der Waals surface area contributed by atoms with Crippen molar-refractivity contribution in [3.8, 4) is 0 Å². The third-order valence-electron chi connectivity index (χ3n) is 4.08. The Balaban J connectivity index is 2.14. The molecule has 0 unspecified atom stereocenters. The molecule has 0 aliphatic carbocycles. The highest BCUT2D eigenvalue weighted by atomic mass is 19.4. The highest BCUT2D eigenvalue weighted by Crippen LogP contribution is 2.30. The van der Waals surface area contributed by atoms with Crippen molar-refractivity contribution in [2.45, 2.75) is 13.1 Å². The Kier molecular flexibility index (Phi) is 4.80. The maximum atomic E-state index is 13.0. The first-order valence-corrected chi connectivity index (χ1v) is 8.00. The average molecular weight is 355 g/mol. The van der Waals surface area contributed by atoms with E-state index in [1.54, 1.807) is 36.4 Å². The number of nitrogens with one attached hydrogen (secondary N) is 1. The Morgan fingerprint density at radius 3 is 2.15 bits per heavy atom. The second-order valence-electron chi connectivity index (χ2n) is 5.84. The van der Waals surface area contributed by atoms with E-state index in [1.807, 2.05) is 36.4 Å². The monoisotopic (exact) mass is 355 g/mol. The van der Waals surface area contributed by atoms with Gasteiger partial charge in [0.1, 0.15) is 0 Å². The minimum atomic E-state index is -4.93. The molecule has 0 aromatic heterocycles. The van der Waals surface area contributed by atoms with Gasteiger partial charge in [0.15, 0.2) is 0 Å². The molecular formula is C21H16F3NO. The van der Waals surface area contributed by atoms with Crippen molar-refractivity contribution in [3.63, 3.8) is 0 Å². The third kappa shape index (κ3) is 3.61. The van der Waals surface area contributed by atoms with E-state index in [0.29, 0.717) is 11.3 Å². The lowest BCUT2D eigenvalue weighted by atomic mass is 10.0. The van der Waals surface area contributed by atoms with Crippen LogP contribution in [0, 0.1) is 0 Å². The Hall–Kier alpha value is -3.08. The highest BCUT2D eigenvalue weighted by Gasteiger charge is 2.40. The van der Waals surface area contributed by atoms with Crippen molar-refractivity contribution in [1.82, 2.24) is 0 Å². The number of anilines is 1. The van der Waals surface area contributed by atoms with E-state index < -0.39 is 12.0 Å². The molecule has 3 aromatic carbocycles. The lowest BCUT2D eigenvalue weighted by Gasteiger charge is -2.17. The lowest BCUT2D eigenvalue weighted by molar-refractivity contribution is -0.166. The maximum absolute atomic E-state index is 13.0. The second kappa shape index (κ2) is 7.04. The van der Waals surface area contributed by atoms with Gasteiger partial charge in [-0.25, -0.2) is 0 Å². The number of carbonyl (C=O) groups is 1. The van der Waals surface area contributed by atoms with Crippen LogP contribution in [0.2, 0.25) is 0 Å². The Bertz CT molecular complexity index is 970. The van der Waals surface area contributed by atoms with Gasteiger partial charge in [-0.2, -0.15) is 13.2 Å². The number of fused-ring (bicyclic) bond motifs is 1. The number of allylic oxidation sites excluding steroid dienone is 1. The topological polar surface area (TPSA) is 29.1 Å². The summed E-state index contributed by atoms with van der Waals surface area (Å²) in [5.41, 5.74) is 0.910. The summed E-state index contributed by atoms with van der Waals surface area (Å²) in [6.45, 7) is 1.19. The van der Waals surface area contributed by atoms with E-state index in [0.717, 1.165) is 10.8 Å². The number of hydrogen-bond acceptors (Lipinski definition) is 2. The Morgan fingerprint density at radius 2 is 1.46 bits per heavy atom. The molecule has 0 fully saturated rings. The maximum Gasteiger partial charge on any atom is 0.454 e. The van der Waals surface area contributed by atoms with Crippen molar-refractivity contribution in [1.29, 1.82) is 0 Å². The van der Waals surface area contributed by atoms with Crippen molar-refractivity contribution >= 4 is 27.9 Å². The molecule has 0 aliphatic heterocycles. The average Bonchev–Trinajstić information content (AvgIpc) is 2.65. The molecular weight excluding hydrogens is 339 g/mol. The standard InChI is InChI=1S/C21H16F3NO/c1-14(20(26)21(22,23)24)19(16-9-3-2-4-10-16)25-18-13-7-11-15-8-5-6-12-17(15)18/h2-13,25H,1H3/b19-14-. The van der Waals surface area contributed by atoms with Crippen LogP contribution < -0.4 is 5.32 Å². The zero-order chi connectivity index (χ0) is 18.7. The normalized spacial score (nSPS) is 12.6. The fourth-order valence-corrected chi connectivity index (χ4v) is 2.78. The van der Waals surface area contributed by atoms with E-state index in [9.17, 15) is 18.0 Å². The van der Waals surface area contributed by atoms with Crippen molar-refractivity contribution < 1.29 is 18.0 Å². The number of benzene rings is 3. The number of halogens is 3.